The molecule has 2 atom stereocenters. The second-order valence-corrected chi connectivity index (χ2v) is 5.98. The molecule has 0 saturated carbocycles. The number of benzene rings is 2. The van der Waals surface area contributed by atoms with Gasteiger partial charge in [-0.15, -0.1) is 0 Å². The third-order valence-corrected chi connectivity index (χ3v) is 4.30. The van der Waals surface area contributed by atoms with E-state index in [2.05, 4.69) is 4.90 Å². The SMILES string of the molecule is OCc1ccc(CN2C[C@H](O)C[C@H]2c2ccc(F)c(F)c2)cc1. The van der Waals surface area contributed by atoms with Gasteiger partial charge in [-0.05, 0) is 35.2 Å². The Morgan fingerprint density at radius 1 is 1.00 bits per heavy atom. The Labute approximate surface area is 133 Å². The predicted molar refractivity (Wildman–Crippen MR) is 82.5 cm³/mol. The number of rotatable bonds is 4. The minimum absolute atomic E-state index is 0.000188. The van der Waals surface area contributed by atoms with Gasteiger partial charge in [0.15, 0.2) is 11.6 Å². The van der Waals surface area contributed by atoms with Crippen molar-refractivity contribution >= 4 is 0 Å². The summed E-state index contributed by atoms with van der Waals surface area (Å²) in [4.78, 5) is 2.06. The van der Waals surface area contributed by atoms with Crippen LogP contribution in [-0.4, -0.2) is 27.8 Å². The molecule has 1 aliphatic heterocycles. The van der Waals surface area contributed by atoms with Crippen LogP contribution in [0.3, 0.4) is 0 Å². The van der Waals surface area contributed by atoms with Crippen LogP contribution in [0.2, 0.25) is 0 Å². The fraction of sp³-hybridized carbons (Fsp3) is 0.333. The highest BCUT2D eigenvalue weighted by Crippen LogP contribution is 2.34. The Morgan fingerprint density at radius 3 is 2.35 bits per heavy atom. The molecule has 3 rings (SSSR count). The summed E-state index contributed by atoms with van der Waals surface area (Å²) in [7, 11) is 0. The molecule has 1 aliphatic rings. The number of aliphatic hydroxyl groups excluding tert-OH is 2. The van der Waals surface area contributed by atoms with Crippen LogP contribution in [0.4, 0.5) is 8.78 Å². The van der Waals surface area contributed by atoms with Gasteiger partial charge >= 0.3 is 0 Å². The summed E-state index contributed by atoms with van der Waals surface area (Å²) in [5.74, 6) is -1.73. The fourth-order valence-corrected chi connectivity index (χ4v) is 3.11. The molecule has 1 heterocycles. The monoisotopic (exact) mass is 319 g/mol. The molecular weight excluding hydrogens is 300 g/mol. The molecule has 0 aromatic heterocycles. The zero-order valence-corrected chi connectivity index (χ0v) is 12.6. The summed E-state index contributed by atoms with van der Waals surface area (Å²) < 4.78 is 26.6. The second kappa shape index (κ2) is 6.74. The van der Waals surface area contributed by atoms with Gasteiger partial charge in [0.1, 0.15) is 0 Å². The van der Waals surface area contributed by atoms with E-state index in [1.165, 1.54) is 6.07 Å². The first-order valence-corrected chi connectivity index (χ1v) is 7.62. The number of hydrogen-bond donors (Lipinski definition) is 2. The van der Waals surface area contributed by atoms with Crippen molar-refractivity contribution in [3.05, 3.63) is 70.8 Å². The van der Waals surface area contributed by atoms with Gasteiger partial charge < -0.3 is 10.2 Å². The Hall–Kier alpha value is -1.82. The van der Waals surface area contributed by atoms with Crippen molar-refractivity contribution < 1.29 is 19.0 Å². The van der Waals surface area contributed by atoms with Gasteiger partial charge in [0.25, 0.3) is 0 Å². The molecule has 5 heteroatoms. The molecule has 2 aromatic rings. The van der Waals surface area contributed by atoms with E-state index in [0.717, 1.165) is 17.2 Å². The summed E-state index contributed by atoms with van der Waals surface area (Å²) in [5.41, 5.74) is 2.56. The highest BCUT2D eigenvalue weighted by Gasteiger charge is 2.32. The van der Waals surface area contributed by atoms with E-state index in [1.807, 2.05) is 24.3 Å². The van der Waals surface area contributed by atoms with E-state index in [9.17, 15) is 13.9 Å². The average Bonchev–Trinajstić information content (AvgIpc) is 2.91. The molecule has 0 bridgehead atoms. The summed E-state index contributed by atoms with van der Waals surface area (Å²) in [5, 5.41) is 19.0. The average molecular weight is 319 g/mol. The Morgan fingerprint density at radius 2 is 1.70 bits per heavy atom. The zero-order valence-electron chi connectivity index (χ0n) is 12.6. The third-order valence-electron chi connectivity index (χ3n) is 4.30. The Kier molecular flexibility index (Phi) is 4.71. The first-order chi connectivity index (χ1) is 11.1. The summed E-state index contributed by atoms with van der Waals surface area (Å²) in [6, 6.07) is 11.3. The smallest absolute Gasteiger partial charge is 0.159 e. The molecule has 122 valence electrons. The Bertz CT molecular complexity index is 675. The van der Waals surface area contributed by atoms with Crippen LogP contribution in [0, 0.1) is 11.6 Å². The molecule has 3 nitrogen and oxygen atoms in total. The molecule has 23 heavy (non-hydrogen) atoms. The maximum absolute atomic E-state index is 13.5. The fourth-order valence-electron chi connectivity index (χ4n) is 3.11. The van der Waals surface area contributed by atoms with E-state index >= 15 is 0 Å². The topological polar surface area (TPSA) is 43.7 Å². The summed E-state index contributed by atoms with van der Waals surface area (Å²) >= 11 is 0. The number of hydrogen-bond acceptors (Lipinski definition) is 3. The summed E-state index contributed by atoms with van der Waals surface area (Å²) in [6.45, 7) is 1.10. The van der Waals surface area contributed by atoms with Gasteiger partial charge in [-0.2, -0.15) is 0 Å². The minimum Gasteiger partial charge on any atom is -0.392 e. The highest BCUT2D eigenvalue weighted by atomic mass is 19.2. The van der Waals surface area contributed by atoms with E-state index in [4.69, 9.17) is 5.11 Å². The van der Waals surface area contributed by atoms with Crippen LogP contribution < -0.4 is 0 Å². The van der Waals surface area contributed by atoms with Crippen LogP contribution >= 0.6 is 0 Å². The van der Waals surface area contributed by atoms with E-state index in [-0.39, 0.29) is 12.6 Å². The lowest BCUT2D eigenvalue weighted by Gasteiger charge is -2.24. The molecule has 0 aliphatic carbocycles. The molecule has 0 spiro atoms. The summed E-state index contributed by atoms with van der Waals surface area (Å²) in [6.07, 6.45) is 0.0182. The molecule has 0 radical (unpaired) electrons. The molecule has 1 fully saturated rings. The quantitative estimate of drug-likeness (QED) is 0.911. The first-order valence-electron chi connectivity index (χ1n) is 7.62. The third kappa shape index (κ3) is 3.58. The van der Waals surface area contributed by atoms with Crippen molar-refractivity contribution in [1.29, 1.82) is 0 Å². The molecule has 2 N–H and O–H groups in total. The van der Waals surface area contributed by atoms with E-state index < -0.39 is 17.7 Å². The van der Waals surface area contributed by atoms with Crippen LogP contribution in [0.15, 0.2) is 42.5 Å². The van der Waals surface area contributed by atoms with Crippen molar-refractivity contribution in [2.75, 3.05) is 6.54 Å². The number of nitrogens with zero attached hydrogens (tertiary/aromatic N) is 1. The van der Waals surface area contributed by atoms with Gasteiger partial charge in [0.05, 0.1) is 12.7 Å². The molecule has 0 amide bonds. The van der Waals surface area contributed by atoms with Gasteiger partial charge in [-0.25, -0.2) is 8.78 Å². The predicted octanol–water partition coefficient (Wildman–Crippen LogP) is 2.77. The van der Waals surface area contributed by atoms with E-state index in [0.29, 0.717) is 25.1 Å². The minimum atomic E-state index is -0.865. The van der Waals surface area contributed by atoms with Crippen molar-refractivity contribution in [2.24, 2.45) is 0 Å². The zero-order chi connectivity index (χ0) is 16.4. The largest absolute Gasteiger partial charge is 0.392 e. The lowest BCUT2D eigenvalue weighted by molar-refractivity contribution is 0.172. The number of β-amino-alcohol motifs (C(OH)–C–C–N with tert-alkyl or cyclic N) is 1. The van der Waals surface area contributed by atoms with Crippen molar-refractivity contribution in [2.45, 2.75) is 31.7 Å². The van der Waals surface area contributed by atoms with Gasteiger partial charge in [0.2, 0.25) is 0 Å². The van der Waals surface area contributed by atoms with E-state index in [1.54, 1.807) is 6.07 Å². The lowest BCUT2D eigenvalue weighted by Crippen LogP contribution is -2.24. The maximum atomic E-state index is 13.5. The normalized spacial score (nSPS) is 21.7. The van der Waals surface area contributed by atoms with Crippen molar-refractivity contribution in [1.82, 2.24) is 4.90 Å². The number of halogens is 2. The lowest BCUT2D eigenvalue weighted by atomic mass is 10.0. The number of likely N-dealkylation sites (tertiary alicyclic amines) is 1. The Balaban J connectivity index is 1.79. The molecule has 0 unspecified atom stereocenters. The van der Waals surface area contributed by atoms with Gasteiger partial charge in [-0.3, -0.25) is 4.90 Å². The standard InChI is InChI=1S/C18H19F2NO2/c19-16-6-5-14(7-17(16)20)18-8-15(23)10-21(18)9-12-1-3-13(11-22)4-2-12/h1-7,15,18,22-23H,8-11H2/t15-,18+/m1/s1. The first kappa shape index (κ1) is 16.1. The van der Waals surface area contributed by atoms with Crippen molar-refractivity contribution in [3.8, 4) is 0 Å². The van der Waals surface area contributed by atoms with Crippen LogP contribution in [0.25, 0.3) is 0 Å². The second-order valence-electron chi connectivity index (χ2n) is 5.98. The van der Waals surface area contributed by atoms with Gasteiger partial charge in [0, 0.05) is 19.1 Å². The maximum Gasteiger partial charge on any atom is 0.159 e. The molecular formula is C18H19F2NO2. The highest BCUT2D eigenvalue weighted by molar-refractivity contribution is 5.25. The van der Waals surface area contributed by atoms with Crippen LogP contribution in [-0.2, 0) is 13.2 Å². The van der Waals surface area contributed by atoms with Crippen LogP contribution in [0.1, 0.15) is 29.2 Å². The van der Waals surface area contributed by atoms with Gasteiger partial charge in [-0.1, -0.05) is 30.3 Å². The molecule has 1 saturated heterocycles. The number of aliphatic hydroxyl groups is 2. The van der Waals surface area contributed by atoms with Crippen molar-refractivity contribution in [3.63, 3.8) is 0 Å². The molecule has 2 aromatic carbocycles. The van der Waals surface area contributed by atoms with Crippen LogP contribution in [0.5, 0.6) is 0 Å².